The molecule has 1 unspecified atom stereocenters. The number of nitro benzene ring substituents is 1. The Balaban J connectivity index is 1.85. The maximum absolute atomic E-state index is 12.6. The van der Waals surface area contributed by atoms with Gasteiger partial charge in [-0.2, -0.15) is 0 Å². The van der Waals surface area contributed by atoms with Crippen molar-refractivity contribution in [2.75, 3.05) is 26.2 Å². The first kappa shape index (κ1) is 13.8. The van der Waals surface area contributed by atoms with Crippen molar-refractivity contribution in [2.24, 2.45) is 0 Å². The molecule has 2 aliphatic heterocycles. The predicted octanol–water partition coefficient (Wildman–Crippen LogP) is 1.22. The molecule has 1 aromatic rings. The van der Waals surface area contributed by atoms with Crippen LogP contribution < -0.4 is 0 Å². The summed E-state index contributed by atoms with van der Waals surface area (Å²) < 4.78 is 0. The fourth-order valence-electron chi connectivity index (χ4n) is 3.20. The third kappa shape index (κ3) is 2.56. The second kappa shape index (κ2) is 5.33. The number of benzene rings is 1. The van der Waals surface area contributed by atoms with E-state index in [2.05, 4.69) is 4.90 Å². The lowest BCUT2D eigenvalue weighted by Gasteiger charge is -2.37. The van der Waals surface area contributed by atoms with E-state index in [1.807, 2.05) is 0 Å². The number of hydrogen-bond donors (Lipinski definition) is 1. The van der Waals surface area contributed by atoms with Crippen LogP contribution in [0.1, 0.15) is 23.2 Å². The molecule has 1 amide bonds. The van der Waals surface area contributed by atoms with Crippen LogP contribution in [0.25, 0.3) is 0 Å². The number of carbonyl (C=O) groups is 1. The van der Waals surface area contributed by atoms with E-state index in [0.29, 0.717) is 19.1 Å². The molecule has 2 fully saturated rings. The number of carbonyl (C=O) groups excluding carboxylic acids is 1. The van der Waals surface area contributed by atoms with E-state index >= 15 is 0 Å². The summed E-state index contributed by atoms with van der Waals surface area (Å²) in [6, 6.07) is 3.94. The molecule has 0 spiro atoms. The second-order valence-electron chi connectivity index (χ2n) is 5.54. The van der Waals surface area contributed by atoms with Crippen LogP contribution in [0.3, 0.4) is 0 Å². The highest BCUT2D eigenvalue weighted by Gasteiger charge is 2.34. The van der Waals surface area contributed by atoms with Crippen molar-refractivity contribution >= 4 is 11.6 Å². The summed E-state index contributed by atoms with van der Waals surface area (Å²) >= 11 is 0. The van der Waals surface area contributed by atoms with Gasteiger partial charge >= 0.3 is 0 Å². The summed E-state index contributed by atoms with van der Waals surface area (Å²) in [6.45, 7) is 3.05. The maximum atomic E-state index is 12.6. The zero-order chi connectivity index (χ0) is 15.0. The van der Waals surface area contributed by atoms with Crippen molar-refractivity contribution in [3.63, 3.8) is 0 Å². The Hall–Kier alpha value is -2.15. The monoisotopic (exact) mass is 291 g/mol. The molecule has 0 bridgehead atoms. The molecule has 2 saturated heterocycles. The fraction of sp³-hybridized carbons (Fsp3) is 0.500. The molecule has 1 N–H and O–H groups in total. The molecule has 7 nitrogen and oxygen atoms in total. The molecule has 0 aliphatic carbocycles. The lowest BCUT2D eigenvalue weighted by molar-refractivity contribution is -0.385. The molecular formula is C14H17N3O4. The Morgan fingerprint density at radius 3 is 2.90 bits per heavy atom. The highest BCUT2D eigenvalue weighted by molar-refractivity contribution is 5.98. The van der Waals surface area contributed by atoms with Gasteiger partial charge < -0.3 is 10.0 Å². The van der Waals surface area contributed by atoms with Crippen LogP contribution in [-0.2, 0) is 0 Å². The van der Waals surface area contributed by atoms with E-state index < -0.39 is 4.92 Å². The number of nitrogens with zero attached hydrogens (tertiary/aromatic N) is 3. The van der Waals surface area contributed by atoms with Gasteiger partial charge in [0.2, 0.25) is 0 Å². The van der Waals surface area contributed by atoms with Gasteiger partial charge in [0.25, 0.3) is 11.6 Å². The normalized spacial score (nSPS) is 22.1. The number of hydrogen-bond acceptors (Lipinski definition) is 5. The first-order chi connectivity index (χ1) is 10.1. The van der Waals surface area contributed by atoms with Gasteiger partial charge in [0.05, 0.1) is 4.92 Å². The fourth-order valence-corrected chi connectivity index (χ4v) is 3.20. The Morgan fingerprint density at radius 1 is 1.33 bits per heavy atom. The zero-order valence-electron chi connectivity index (χ0n) is 11.6. The number of fused-ring (bicyclic) bond motifs is 1. The number of aromatic hydroxyl groups is 1. The molecule has 0 radical (unpaired) electrons. The Kier molecular flexibility index (Phi) is 3.50. The Bertz CT molecular complexity index is 590. The highest BCUT2D eigenvalue weighted by atomic mass is 16.6. The van der Waals surface area contributed by atoms with Crippen molar-refractivity contribution in [3.8, 4) is 5.75 Å². The minimum Gasteiger partial charge on any atom is -0.508 e. The predicted molar refractivity (Wildman–Crippen MR) is 75.3 cm³/mol. The largest absolute Gasteiger partial charge is 0.508 e. The zero-order valence-corrected chi connectivity index (χ0v) is 11.6. The smallest absolute Gasteiger partial charge is 0.282 e. The van der Waals surface area contributed by atoms with Crippen LogP contribution >= 0.6 is 0 Å². The van der Waals surface area contributed by atoms with Crippen LogP contribution in [0.15, 0.2) is 18.2 Å². The molecule has 1 aromatic carbocycles. The lowest BCUT2D eigenvalue weighted by Crippen LogP contribution is -2.52. The van der Waals surface area contributed by atoms with Crippen LogP contribution in [0.4, 0.5) is 5.69 Å². The Morgan fingerprint density at radius 2 is 2.14 bits per heavy atom. The molecule has 0 saturated carbocycles. The van der Waals surface area contributed by atoms with Crippen molar-refractivity contribution in [3.05, 3.63) is 33.9 Å². The minimum atomic E-state index is -0.585. The first-order valence-corrected chi connectivity index (χ1v) is 7.07. The lowest BCUT2D eigenvalue weighted by atomic mass is 10.1. The summed E-state index contributed by atoms with van der Waals surface area (Å²) in [5.74, 6) is -0.507. The van der Waals surface area contributed by atoms with Gasteiger partial charge in [-0.3, -0.25) is 19.8 Å². The van der Waals surface area contributed by atoms with Crippen LogP contribution in [0.2, 0.25) is 0 Å². The van der Waals surface area contributed by atoms with E-state index in [4.69, 9.17) is 0 Å². The standard InChI is InChI=1S/C14H17N3O4/c18-11-3-4-13(17(20)21)12(8-11)14(19)16-7-6-15-5-1-2-10(15)9-16/h3-4,8,10,18H,1-2,5-7,9H2. The topological polar surface area (TPSA) is 86.9 Å². The van der Waals surface area contributed by atoms with Crippen LogP contribution in [0, 0.1) is 10.1 Å². The van der Waals surface area contributed by atoms with Crippen molar-refractivity contribution in [2.45, 2.75) is 18.9 Å². The molecule has 3 rings (SSSR count). The molecule has 21 heavy (non-hydrogen) atoms. The van der Waals surface area contributed by atoms with Gasteiger partial charge in [-0.15, -0.1) is 0 Å². The molecule has 0 aromatic heterocycles. The maximum Gasteiger partial charge on any atom is 0.282 e. The van der Waals surface area contributed by atoms with Gasteiger partial charge in [-0.05, 0) is 31.5 Å². The van der Waals surface area contributed by atoms with Gasteiger partial charge in [-0.1, -0.05) is 0 Å². The SMILES string of the molecule is O=C(c1cc(O)ccc1[N+](=O)[O-])N1CCN2CCCC2C1. The second-order valence-corrected chi connectivity index (χ2v) is 5.54. The highest BCUT2D eigenvalue weighted by Crippen LogP contribution is 2.27. The molecule has 1 atom stereocenters. The number of amides is 1. The van der Waals surface area contributed by atoms with E-state index in [9.17, 15) is 20.0 Å². The quantitative estimate of drug-likeness (QED) is 0.654. The molecule has 112 valence electrons. The van der Waals surface area contributed by atoms with Crippen molar-refractivity contribution in [1.82, 2.24) is 9.80 Å². The van der Waals surface area contributed by atoms with Crippen molar-refractivity contribution < 1.29 is 14.8 Å². The molecular weight excluding hydrogens is 274 g/mol. The third-order valence-electron chi connectivity index (χ3n) is 4.28. The molecule has 2 heterocycles. The average Bonchev–Trinajstić information content (AvgIpc) is 2.93. The molecule has 2 aliphatic rings. The number of nitro groups is 1. The van der Waals surface area contributed by atoms with Crippen LogP contribution in [-0.4, -0.2) is 58.0 Å². The third-order valence-corrected chi connectivity index (χ3v) is 4.28. The van der Waals surface area contributed by atoms with Crippen LogP contribution in [0.5, 0.6) is 5.75 Å². The summed E-state index contributed by atoms with van der Waals surface area (Å²) in [5, 5.41) is 20.6. The van der Waals surface area contributed by atoms with Gasteiger partial charge in [-0.25, -0.2) is 0 Å². The molecule has 7 heteroatoms. The summed E-state index contributed by atoms with van der Waals surface area (Å²) in [7, 11) is 0. The number of rotatable bonds is 2. The summed E-state index contributed by atoms with van der Waals surface area (Å²) in [6.07, 6.45) is 2.20. The van der Waals surface area contributed by atoms with E-state index in [-0.39, 0.29) is 22.9 Å². The average molecular weight is 291 g/mol. The first-order valence-electron chi connectivity index (χ1n) is 7.07. The van der Waals surface area contributed by atoms with E-state index in [0.717, 1.165) is 25.9 Å². The number of phenols is 1. The number of piperazine rings is 1. The number of phenolic OH excluding ortho intramolecular Hbond substituents is 1. The van der Waals surface area contributed by atoms with Gasteiger partial charge in [0.15, 0.2) is 0 Å². The van der Waals surface area contributed by atoms with Gasteiger partial charge in [0.1, 0.15) is 11.3 Å². The summed E-state index contributed by atoms with van der Waals surface area (Å²) in [5.41, 5.74) is -0.293. The van der Waals surface area contributed by atoms with Gasteiger partial charge in [0, 0.05) is 31.7 Å². The summed E-state index contributed by atoms with van der Waals surface area (Å²) in [4.78, 5) is 27.0. The van der Waals surface area contributed by atoms with E-state index in [1.54, 1.807) is 4.90 Å². The van der Waals surface area contributed by atoms with E-state index in [1.165, 1.54) is 18.2 Å². The van der Waals surface area contributed by atoms with Crippen molar-refractivity contribution in [1.29, 1.82) is 0 Å². The Labute approximate surface area is 121 Å². The minimum absolute atomic E-state index is 0.0357.